The van der Waals surface area contributed by atoms with E-state index in [4.69, 9.17) is 5.90 Å². The maximum Gasteiger partial charge on any atom is 0.429 e. The zero-order chi connectivity index (χ0) is 19.2. The SMILES string of the molecule is Cc1ccc(C(=O)CC(=Nc2ccc(SOON)cc2)C(F)(F)F)cc1. The van der Waals surface area contributed by atoms with Crippen molar-refractivity contribution in [2.45, 2.75) is 24.4 Å². The summed E-state index contributed by atoms with van der Waals surface area (Å²) < 4.78 is 44.2. The van der Waals surface area contributed by atoms with Gasteiger partial charge in [-0.05, 0) is 31.2 Å². The molecule has 0 aliphatic rings. The van der Waals surface area contributed by atoms with Crippen LogP contribution >= 0.6 is 12.0 Å². The summed E-state index contributed by atoms with van der Waals surface area (Å²) in [5, 5.41) is 0. The highest BCUT2D eigenvalue weighted by molar-refractivity contribution is 7.94. The topological polar surface area (TPSA) is 73.9 Å². The minimum absolute atomic E-state index is 0.0621. The molecule has 0 spiro atoms. The Labute approximate surface area is 152 Å². The molecule has 0 atom stereocenters. The van der Waals surface area contributed by atoms with Crippen molar-refractivity contribution in [3.63, 3.8) is 0 Å². The summed E-state index contributed by atoms with van der Waals surface area (Å²) in [4.78, 5) is 20.2. The first-order chi connectivity index (χ1) is 12.3. The first kappa shape index (κ1) is 20.1. The van der Waals surface area contributed by atoms with Gasteiger partial charge >= 0.3 is 6.18 Å². The number of nitrogens with two attached hydrogens (primary N) is 1. The van der Waals surface area contributed by atoms with Crippen molar-refractivity contribution in [2.75, 3.05) is 0 Å². The number of nitrogens with zero attached hydrogens (tertiary/aromatic N) is 1. The van der Waals surface area contributed by atoms with E-state index in [-0.39, 0.29) is 11.3 Å². The fraction of sp³-hybridized carbons (Fsp3) is 0.176. The Morgan fingerprint density at radius 3 is 2.27 bits per heavy atom. The van der Waals surface area contributed by atoms with E-state index in [1.54, 1.807) is 12.1 Å². The van der Waals surface area contributed by atoms with Crippen molar-refractivity contribution < 1.29 is 27.3 Å². The Balaban J connectivity index is 2.20. The van der Waals surface area contributed by atoms with Gasteiger partial charge in [0.25, 0.3) is 0 Å². The van der Waals surface area contributed by atoms with Crippen molar-refractivity contribution in [3.05, 3.63) is 59.7 Å². The minimum Gasteiger partial charge on any atom is -0.294 e. The smallest absolute Gasteiger partial charge is 0.294 e. The number of carbonyl (C=O) groups is 1. The van der Waals surface area contributed by atoms with Gasteiger partial charge in [0.1, 0.15) is 5.71 Å². The van der Waals surface area contributed by atoms with Crippen LogP contribution in [0, 0.1) is 6.92 Å². The molecular formula is C17H15F3N2O3S. The number of hydrogen-bond donors (Lipinski definition) is 1. The Hall–Kier alpha value is -2.20. The molecule has 0 aliphatic carbocycles. The van der Waals surface area contributed by atoms with Crippen LogP contribution in [-0.2, 0) is 9.32 Å². The zero-order valence-corrected chi connectivity index (χ0v) is 14.4. The van der Waals surface area contributed by atoms with Crippen LogP contribution < -0.4 is 5.90 Å². The normalized spacial score (nSPS) is 12.3. The number of alkyl halides is 3. The number of hydrogen-bond acceptors (Lipinski definition) is 6. The lowest BCUT2D eigenvalue weighted by molar-refractivity contribution is -0.195. The van der Waals surface area contributed by atoms with Crippen LogP contribution in [0.15, 0.2) is 58.4 Å². The number of aryl methyl sites for hydroxylation is 1. The Kier molecular flexibility index (Phi) is 6.92. The number of benzene rings is 2. The molecule has 0 heterocycles. The molecule has 0 amide bonds. The van der Waals surface area contributed by atoms with Crippen LogP contribution in [0.4, 0.5) is 18.9 Å². The molecule has 9 heteroatoms. The zero-order valence-electron chi connectivity index (χ0n) is 13.6. The summed E-state index contributed by atoms with van der Waals surface area (Å²) in [5.41, 5.74) is 0.0172. The molecule has 26 heavy (non-hydrogen) atoms. The van der Waals surface area contributed by atoms with E-state index in [9.17, 15) is 18.0 Å². The quantitative estimate of drug-likeness (QED) is 0.246. The fourth-order valence-corrected chi connectivity index (χ4v) is 2.35. The predicted octanol–water partition coefficient (Wildman–Crippen LogP) is 4.73. The van der Waals surface area contributed by atoms with Gasteiger partial charge in [-0.15, -0.1) is 9.32 Å². The van der Waals surface area contributed by atoms with E-state index in [1.807, 2.05) is 6.92 Å². The summed E-state index contributed by atoms with van der Waals surface area (Å²) >= 11 is 0.791. The van der Waals surface area contributed by atoms with E-state index in [1.165, 1.54) is 36.4 Å². The van der Waals surface area contributed by atoms with Gasteiger partial charge in [0.05, 0.1) is 24.2 Å². The predicted molar refractivity (Wildman–Crippen MR) is 91.9 cm³/mol. The molecule has 2 aromatic carbocycles. The average molecular weight is 384 g/mol. The lowest BCUT2D eigenvalue weighted by Crippen LogP contribution is -2.25. The maximum atomic E-state index is 13.3. The van der Waals surface area contributed by atoms with Crippen molar-refractivity contribution in [1.29, 1.82) is 0 Å². The molecule has 0 bridgehead atoms. The highest BCUT2D eigenvalue weighted by atomic mass is 32.2. The number of rotatable bonds is 7. The molecule has 0 fully saturated rings. The molecule has 138 valence electrons. The standard InChI is InChI=1S/C17H15F3N2O3S/c1-11-2-4-12(5-3-11)15(23)10-16(17(18,19)20)22-13-6-8-14(9-7-13)26-25-24-21/h2-9H,10,21H2,1H3. The lowest BCUT2D eigenvalue weighted by atomic mass is 10.0. The second kappa shape index (κ2) is 8.95. The second-order valence-electron chi connectivity index (χ2n) is 5.26. The van der Waals surface area contributed by atoms with Crippen LogP contribution in [0.5, 0.6) is 0 Å². The van der Waals surface area contributed by atoms with Gasteiger partial charge in [0.2, 0.25) is 0 Å². The first-order valence-electron chi connectivity index (χ1n) is 7.34. The van der Waals surface area contributed by atoms with Crippen LogP contribution in [-0.4, -0.2) is 17.7 Å². The molecule has 0 radical (unpaired) electrons. The molecule has 2 aromatic rings. The second-order valence-corrected chi connectivity index (χ2v) is 6.04. The summed E-state index contributed by atoms with van der Waals surface area (Å²) in [6.07, 6.45) is -5.56. The molecular weight excluding hydrogens is 369 g/mol. The number of ketones is 1. The summed E-state index contributed by atoms with van der Waals surface area (Å²) in [7, 11) is 0. The van der Waals surface area contributed by atoms with E-state index in [2.05, 4.69) is 14.3 Å². The Bertz CT molecular complexity index is 775. The summed E-state index contributed by atoms with van der Waals surface area (Å²) in [6.45, 7) is 1.82. The van der Waals surface area contributed by atoms with Crippen LogP contribution in [0.25, 0.3) is 0 Å². The van der Waals surface area contributed by atoms with Gasteiger partial charge in [-0.2, -0.15) is 19.1 Å². The van der Waals surface area contributed by atoms with Crippen molar-refractivity contribution in [2.24, 2.45) is 10.9 Å². The Morgan fingerprint density at radius 2 is 1.73 bits per heavy atom. The molecule has 2 N–H and O–H groups in total. The highest BCUT2D eigenvalue weighted by Gasteiger charge is 2.37. The van der Waals surface area contributed by atoms with Gasteiger partial charge in [-0.1, -0.05) is 29.8 Å². The molecule has 0 aromatic heterocycles. The van der Waals surface area contributed by atoms with E-state index < -0.39 is 24.1 Å². The van der Waals surface area contributed by atoms with E-state index in [0.29, 0.717) is 4.90 Å². The maximum absolute atomic E-state index is 13.3. The van der Waals surface area contributed by atoms with E-state index in [0.717, 1.165) is 17.6 Å². The van der Waals surface area contributed by atoms with Crippen molar-refractivity contribution >= 4 is 29.2 Å². The van der Waals surface area contributed by atoms with Crippen LogP contribution in [0.2, 0.25) is 0 Å². The third-order valence-electron chi connectivity index (χ3n) is 3.30. The minimum atomic E-state index is -4.72. The number of aliphatic imine (C=N–C) groups is 1. The van der Waals surface area contributed by atoms with Crippen LogP contribution in [0.1, 0.15) is 22.3 Å². The third-order valence-corrected chi connectivity index (χ3v) is 3.91. The highest BCUT2D eigenvalue weighted by Crippen LogP contribution is 2.27. The molecule has 0 unspecified atom stereocenters. The third kappa shape index (κ3) is 5.95. The molecule has 0 saturated carbocycles. The largest absolute Gasteiger partial charge is 0.429 e. The number of carbonyl (C=O) groups excluding carboxylic acids is 1. The first-order valence-corrected chi connectivity index (χ1v) is 8.08. The Morgan fingerprint density at radius 1 is 1.12 bits per heavy atom. The molecule has 0 aliphatic heterocycles. The van der Waals surface area contributed by atoms with E-state index >= 15 is 0 Å². The van der Waals surface area contributed by atoms with Gasteiger partial charge in [-0.25, -0.2) is 4.99 Å². The average Bonchev–Trinajstić information content (AvgIpc) is 2.60. The lowest BCUT2D eigenvalue weighted by Gasteiger charge is -2.10. The number of halogens is 3. The van der Waals surface area contributed by atoms with Crippen molar-refractivity contribution in [1.82, 2.24) is 0 Å². The van der Waals surface area contributed by atoms with Crippen molar-refractivity contribution in [3.8, 4) is 0 Å². The summed E-state index contributed by atoms with van der Waals surface area (Å²) in [5.74, 6) is 4.05. The number of Topliss-reactive ketones (excluding diaryl/α,β-unsaturated/α-hetero) is 1. The van der Waals surface area contributed by atoms with Gasteiger partial charge in [-0.3, -0.25) is 4.79 Å². The fourth-order valence-electron chi connectivity index (χ4n) is 1.99. The van der Waals surface area contributed by atoms with Gasteiger partial charge in [0, 0.05) is 10.5 Å². The monoisotopic (exact) mass is 384 g/mol. The molecule has 5 nitrogen and oxygen atoms in total. The molecule has 0 saturated heterocycles. The summed E-state index contributed by atoms with van der Waals surface area (Å²) in [6, 6.07) is 12.0. The van der Waals surface area contributed by atoms with Crippen LogP contribution in [0.3, 0.4) is 0 Å². The van der Waals surface area contributed by atoms with Gasteiger partial charge < -0.3 is 0 Å². The molecule has 2 rings (SSSR count). The van der Waals surface area contributed by atoms with Gasteiger partial charge in [0.15, 0.2) is 5.78 Å².